The molecule has 0 bridgehead atoms. The molecule has 38 heavy (non-hydrogen) atoms. The summed E-state index contributed by atoms with van der Waals surface area (Å²) in [5.74, 6) is 0. The van der Waals surface area contributed by atoms with Gasteiger partial charge in [0.15, 0.2) is 5.58 Å². The molecule has 0 saturated heterocycles. The van der Waals surface area contributed by atoms with Crippen LogP contribution in [0.25, 0.3) is 65.4 Å². The third-order valence-corrected chi connectivity index (χ3v) is 7.59. The summed E-state index contributed by atoms with van der Waals surface area (Å²) in [7, 11) is 0. The molecule has 8 rings (SSSR count). The number of nitrogens with one attached hydrogen (secondary N) is 1. The van der Waals surface area contributed by atoms with Gasteiger partial charge >= 0.3 is 0 Å². The van der Waals surface area contributed by atoms with Gasteiger partial charge < -0.3 is 9.73 Å². The van der Waals surface area contributed by atoms with Crippen LogP contribution in [0.2, 0.25) is 0 Å². The van der Waals surface area contributed by atoms with Crippen molar-refractivity contribution in [2.75, 3.05) is 5.32 Å². The van der Waals surface area contributed by atoms with E-state index in [9.17, 15) is 0 Å². The Kier molecular flexibility index (Phi) is 4.55. The molecular formula is C36H23NO. The molecule has 2 heteroatoms. The van der Waals surface area contributed by atoms with Gasteiger partial charge in [0.05, 0.1) is 5.69 Å². The Labute approximate surface area is 219 Å². The largest absolute Gasteiger partial charge is 0.454 e. The summed E-state index contributed by atoms with van der Waals surface area (Å²) in [6.45, 7) is 0. The number of para-hydroxylation sites is 1. The van der Waals surface area contributed by atoms with E-state index in [0.717, 1.165) is 27.9 Å². The first-order chi connectivity index (χ1) is 18.8. The fourth-order valence-corrected chi connectivity index (χ4v) is 5.69. The molecule has 0 saturated carbocycles. The second-order valence-electron chi connectivity index (χ2n) is 9.91. The predicted molar refractivity (Wildman–Crippen MR) is 161 cm³/mol. The molecule has 178 valence electrons. The second-order valence-corrected chi connectivity index (χ2v) is 9.91. The van der Waals surface area contributed by atoms with Crippen molar-refractivity contribution in [2.45, 2.75) is 0 Å². The van der Waals surface area contributed by atoms with Crippen molar-refractivity contribution in [1.82, 2.24) is 0 Å². The highest BCUT2D eigenvalue weighted by Crippen LogP contribution is 2.39. The molecule has 0 aliphatic carbocycles. The van der Waals surface area contributed by atoms with Gasteiger partial charge in [-0.25, -0.2) is 0 Å². The lowest BCUT2D eigenvalue weighted by Gasteiger charge is -2.10. The topological polar surface area (TPSA) is 25.2 Å². The van der Waals surface area contributed by atoms with Crippen molar-refractivity contribution in [1.29, 1.82) is 0 Å². The maximum atomic E-state index is 6.38. The van der Waals surface area contributed by atoms with Crippen molar-refractivity contribution in [3.8, 4) is 11.1 Å². The van der Waals surface area contributed by atoms with Crippen molar-refractivity contribution < 1.29 is 4.42 Å². The summed E-state index contributed by atoms with van der Waals surface area (Å²) in [5.41, 5.74) is 6.25. The van der Waals surface area contributed by atoms with Crippen molar-refractivity contribution in [3.05, 3.63) is 133 Å². The molecule has 0 aliphatic rings. The van der Waals surface area contributed by atoms with Gasteiger partial charge in [-0.2, -0.15) is 0 Å². The van der Waals surface area contributed by atoms with Gasteiger partial charge in [0.1, 0.15) is 5.58 Å². The molecule has 1 heterocycles. The number of hydrogen-bond acceptors (Lipinski definition) is 2. The second kappa shape index (κ2) is 8.22. The van der Waals surface area contributed by atoms with Crippen molar-refractivity contribution in [2.24, 2.45) is 0 Å². The smallest absolute Gasteiger partial charge is 0.158 e. The maximum Gasteiger partial charge on any atom is 0.158 e. The quantitative estimate of drug-likeness (QED) is 0.269. The molecule has 0 spiro atoms. The van der Waals surface area contributed by atoms with Crippen LogP contribution in [0.5, 0.6) is 0 Å². The van der Waals surface area contributed by atoms with Crippen LogP contribution in [0.15, 0.2) is 138 Å². The lowest BCUT2D eigenvalue weighted by molar-refractivity contribution is 0.670. The molecule has 0 unspecified atom stereocenters. The number of benzene rings is 7. The normalized spacial score (nSPS) is 11.7. The van der Waals surface area contributed by atoms with Crippen molar-refractivity contribution in [3.63, 3.8) is 0 Å². The van der Waals surface area contributed by atoms with E-state index in [0.29, 0.717) is 0 Å². The summed E-state index contributed by atoms with van der Waals surface area (Å²) in [4.78, 5) is 0. The first kappa shape index (κ1) is 21.0. The number of furan rings is 1. The molecule has 0 atom stereocenters. The standard InChI is InChI=1S/C36H23NO/c1-2-8-25-20-26(13-12-23(25)6-1)27-14-15-29-22-30(18-16-28(29)21-27)37-33-11-5-10-32-35-31-9-4-3-7-24(31)17-19-34(35)38-36(32)33/h1-22,37H. The van der Waals surface area contributed by atoms with Crippen LogP contribution in [0.4, 0.5) is 11.4 Å². The lowest BCUT2D eigenvalue weighted by Crippen LogP contribution is -1.90. The van der Waals surface area contributed by atoms with Crippen LogP contribution in [0.3, 0.4) is 0 Å². The van der Waals surface area contributed by atoms with Crippen LogP contribution in [0.1, 0.15) is 0 Å². The predicted octanol–water partition coefficient (Wildman–Crippen LogP) is 10.5. The number of fused-ring (bicyclic) bond motifs is 7. The minimum absolute atomic E-state index is 0.880. The zero-order chi connectivity index (χ0) is 25.1. The van der Waals surface area contributed by atoms with E-state index in [4.69, 9.17) is 4.42 Å². The van der Waals surface area contributed by atoms with Crippen LogP contribution >= 0.6 is 0 Å². The molecule has 1 aromatic heterocycles. The van der Waals surface area contributed by atoms with E-state index < -0.39 is 0 Å². The fourth-order valence-electron chi connectivity index (χ4n) is 5.69. The van der Waals surface area contributed by atoms with Crippen LogP contribution in [-0.2, 0) is 0 Å². The summed E-state index contributed by atoms with van der Waals surface area (Å²) >= 11 is 0. The first-order valence-corrected chi connectivity index (χ1v) is 12.9. The van der Waals surface area contributed by atoms with E-state index in [1.54, 1.807) is 0 Å². The summed E-state index contributed by atoms with van der Waals surface area (Å²) in [6, 6.07) is 47.4. The molecule has 8 aromatic rings. The average Bonchev–Trinajstić information content (AvgIpc) is 3.37. The van der Waals surface area contributed by atoms with Crippen molar-refractivity contribution >= 4 is 65.6 Å². The zero-order valence-electron chi connectivity index (χ0n) is 20.6. The summed E-state index contributed by atoms with van der Waals surface area (Å²) in [6.07, 6.45) is 0. The van der Waals surface area contributed by atoms with Crippen LogP contribution < -0.4 is 5.32 Å². The molecule has 0 amide bonds. The SMILES string of the molecule is c1ccc2cc(-c3ccc4cc(Nc5cccc6c5oc5ccc7ccccc7c56)ccc4c3)ccc2c1. The average molecular weight is 486 g/mol. The Bertz CT molecular complexity index is 2170. The lowest BCUT2D eigenvalue weighted by atomic mass is 9.98. The van der Waals surface area contributed by atoms with E-state index in [1.807, 2.05) is 0 Å². The number of rotatable bonds is 3. The highest BCUT2D eigenvalue weighted by Gasteiger charge is 2.13. The number of anilines is 2. The Morgan fingerprint density at radius 1 is 0.447 bits per heavy atom. The van der Waals surface area contributed by atoms with Crippen LogP contribution in [-0.4, -0.2) is 0 Å². The molecule has 0 aliphatic heterocycles. The summed E-state index contributed by atoms with van der Waals surface area (Å²) in [5, 5.41) is 13.3. The minimum Gasteiger partial charge on any atom is -0.454 e. The van der Waals surface area contributed by atoms with Crippen LogP contribution in [0, 0.1) is 0 Å². The first-order valence-electron chi connectivity index (χ1n) is 12.9. The van der Waals surface area contributed by atoms with Gasteiger partial charge in [-0.15, -0.1) is 0 Å². The molecule has 7 aromatic carbocycles. The number of hydrogen-bond donors (Lipinski definition) is 1. The molecule has 0 radical (unpaired) electrons. The van der Waals surface area contributed by atoms with Gasteiger partial charge in [-0.05, 0) is 79.8 Å². The van der Waals surface area contributed by atoms with Gasteiger partial charge in [0, 0.05) is 16.5 Å². The monoisotopic (exact) mass is 485 g/mol. The molecule has 1 N–H and O–H groups in total. The van der Waals surface area contributed by atoms with E-state index in [1.165, 1.54) is 48.8 Å². The Morgan fingerprint density at radius 2 is 1.08 bits per heavy atom. The van der Waals surface area contributed by atoms with Gasteiger partial charge in [0.2, 0.25) is 0 Å². The van der Waals surface area contributed by atoms with E-state index in [2.05, 4.69) is 139 Å². The third kappa shape index (κ3) is 3.35. The zero-order valence-corrected chi connectivity index (χ0v) is 20.6. The Hall–Kier alpha value is -5.08. The highest BCUT2D eigenvalue weighted by molar-refractivity contribution is 6.20. The maximum absolute atomic E-state index is 6.38. The van der Waals surface area contributed by atoms with Gasteiger partial charge in [0.25, 0.3) is 0 Å². The van der Waals surface area contributed by atoms with Gasteiger partial charge in [-0.1, -0.05) is 97.1 Å². The van der Waals surface area contributed by atoms with E-state index in [-0.39, 0.29) is 0 Å². The summed E-state index contributed by atoms with van der Waals surface area (Å²) < 4.78 is 6.38. The van der Waals surface area contributed by atoms with Gasteiger partial charge in [-0.3, -0.25) is 0 Å². The molecule has 2 nitrogen and oxygen atoms in total. The van der Waals surface area contributed by atoms with E-state index >= 15 is 0 Å². The minimum atomic E-state index is 0.880. The Balaban J connectivity index is 1.17. The molecule has 0 fully saturated rings. The molecular weight excluding hydrogens is 462 g/mol. The fraction of sp³-hybridized carbons (Fsp3) is 0. The third-order valence-electron chi connectivity index (χ3n) is 7.59. The highest BCUT2D eigenvalue weighted by atomic mass is 16.3. The Morgan fingerprint density at radius 3 is 1.95 bits per heavy atom.